The molecule has 0 rings (SSSR count). The van der Waals surface area contributed by atoms with E-state index in [2.05, 4.69) is 0 Å². The topological polar surface area (TPSA) is 23.8 Å². The predicted molar refractivity (Wildman–Crippen MR) is 38.6 cm³/mol. The second kappa shape index (κ2) is 8.23. The standard InChI is InChI=1S/C4H10N.2ClH.W/c1-4(2,3)5;;;/h5H,1-3H3;2*1H;/q-1;;;. The first-order valence-electron chi connectivity index (χ1n) is 1.75. The molecule has 0 aliphatic heterocycles. The summed E-state index contributed by atoms with van der Waals surface area (Å²) in [7, 11) is 0. The van der Waals surface area contributed by atoms with Gasteiger partial charge in [-0.05, 0) is 0 Å². The predicted octanol–water partition coefficient (Wildman–Crippen LogP) is 2.68. The van der Waals surface area contributed by atoms with Crippen LogP contribution in [0, 0.1) is 0 Å². The number of rotatable bonds is 0. The molecule has 0 saturated carbocycles. The first-order chi connectivity index (χ1) is 2.00. The summed E-state index contributed by atoms with van der Waals surface area (Å²) in [6.07, 6.45) is 0. The van der Waals surface area contributed by atoms with Gasteiger partial charge in [-0.3, -0.25) is 0 Å². The molecule has 0 unspecified atom stereocenters. The summed E-state index contributed by atoms with van der Waals surface area (Å²) in [6, 6.07) is 0. The molecular weight excluding hydrogens is 317 g/mol. The van der Waals surface area contributed by atoms with Crippen molar-refractivity contribution >= 4 is 24.8 Å². The van der Waals surface area contributed by atoms with E-state index in [4.69, 9.17) is 5.73 Å². The van der Waals surface area contributed by atoms with Gasteiger partial charge in [-0.2, -0.15) is 0 Å². The van der Waals surface area contributed by atoms with Gasteiger partial charge in [-0.1, -0.05) is 20.8 Å². The molecule has 1 N–H and O–H groups in total. The van der Waals surface area contributed by atoms with Gasteiger partial charge < -0.3 is 5.73 Å². The van der Waals surface area contributed by atoms with Crippen LogP contribution in [-0.2, 0) is 21.1 Å². The minimum Gasteiger partial charge on any atom is -0.673 e. The van der Waals surface area contributed by atoms with E-state index in [1.165, 1.54) is 0 Å². The molecule has 0 saturated heterocycles. The average molecular weight is 329 g/mol. The molecule has 0 radical (unpaired) electrons. The Labute approximate surface area is 77.9 Å². The normalized spacial score (nSPS) is 7.50. The third-order valence-corrected chi connectivity index (χ3v) is 0. The molecule has 0 aromatic carbocycles. The molecule has 0 aliphatic carbocycles. The van der Waals surface area contributed by atoms with Crippen molar-refractivity contribution in [3.05, 3.63) is 5.73 Å². The fourth-order valence-corrected chi connectivity index (χ4v) is 0. The van der Waals surface area contributed by atoms with E-state index in [0.717, 1.165) is 0 Å². The average Bonchev–Trinajstić information content (AvgIpc) is 0.722. The maximum absolute atomic E-state index is 6.94. The molecule has 0 heterocycles. The molecule has 0 aliphatic rings. The van der Waals surface area contributed by atoms with Gasteiger partial charge in [-0.25, -0.2) is 0 Å². The zero-order chi connectivity index (χ0) is 4.50. The maximum atomic E-state index is 6.94. The summed E-state index contributed by atoms with van der Waals surface area (Å²) < 4.78 is 0. The zero-order valence-electron chi connectivity index (χ0n) is 5.22. The summed E-state index contributed by atoms with van der Waals surface area (Å²) >= 11 is 0. The Bertz CT molecular complexity index is 29.5. The van der Waals surface area contributed by atoms with Crippen LogP contribution in [0.3, 0.4) is 0 Å². The van der Waals surface area contributed by atoms with Crippen LogP contribution >= 0.6 is 24.8 Å². The van der Waals surface area contributed by atoms with Crippen LogP contribution in [0.1, 0.15) is 20.8 Å². The quantitative estimate of drug-likeness (QED) is 0.653. The van der Waals surface area contributed by atoms with Crippen molar-refractivity contribution in [3.63, 3.8) is 0 Å². The summed E-state index contributed by atoms with van der Waals surface area (Å²) in [5, 5.41) is 0. The van der Waals surface area contributed by atoms with E-state index in [-0.39, 0.29) is 51.4 Å². The van der Waals surface area contributed by atoms with Crippen molar-refractivity contribution in [2.24, 2.45) is 0 Å². The van der Waals surface area contributed by atoms with E-state index in [1.54, 1.807) is 0 Å². The van der Waals surface area contributed by atoms with Crippen LogP contribution in [0.5, 0.6) is 0 Å². The van der Waals surface area contributed by atoms with Crippen LogP contribution in [0.25, 0.3) is 5.73 Å². The Morgan fingerprint density at radius 3 is 1.00 bits per heavy atom. The summed E-state index contributed by atoms with van der Waals surface area (Å²) in [6.45, 7) is 5.56. The van der Waals surface area contributed by atoms with Gasteiger partial charge in [0.1, 0.15) is 0 Å². The van der Waals surface area contributed by atoms with Gasteiger partial charge in [0.2, 0.25) is 0 Å². The van der Waals surface area contributed by atoms with Crippen molar-refractivity contribution in [1.29, 1.82) is 0 Å². The van der Waals surface area contributed by atoms with Crippen molar-refractivity contribution in [2.45, 2.75) is 26.3 Å². The molecule has 0 aromatic rings. The Hall–Kier alpha value is 1.23. The maximum Gasteiger partial charge on any atom is 0 e. The van der Waals surface area contributed by atoms with E-state index < -0.39 is 0 Å². The second-order valence-electron chi connectivity index (χ2n) is 2.25. The third kappa shape index (κ3) is 186. The van der Waals surface area contributed by atoms with Gasteiger partial charge in [-0.15, -0.1) is 30.4 Å². The largest absolute Gasteiger partial charge is 0.673 e. The molecule has 0 spiro atoms. The molecule has 4 heteroatoms. The zero-order valence-corrected chi connectivity index (χ0v) is 9.79. The SMILES string of the molecule is CC(C)(C)[NH-].Cl.Cl.[W]. The minimum atomic E-state index is -0.250. The van der Waals surface area contributed by atoms with E-state index >= 15 is 0 Å². The van der Waals surface area contributed by atoms with Crippen LogP contribution in [-0.4, -0.2) is 5.54 Å². The minimum absolute atomic E-state index is 0. The van der Waals surface area contributed by atoms with Crippen LogP contribution in [0.4, 0.5) is 0 Å². The summed E-state index contributed by atoms with van der Waals surface area (Å²) in [4.78, 5) is 0. The Morgan fingerprint density at radius 2 is 1.00 bits per heavy atom. The molecule has 0 fully saturated rings. The smallest absolute Gasteiger partial charge is 0 e. The number of hydrogen-bond acceptors (Lipinski definition) is 0. The van der Waals surface area contributed by atoms with Crippen molar-refractivity contribution in [3.8, 4) is 0 Å². The molecule has 0 bridgehead atoms. The molecule has 8 heavy (non-hydrogen) atoms. The number of nitrogens with one attached hydrogen (secondary N) is 1. The molecule has 54 valence electrons. The Balaban J connectivity index is -0.0000000267. The van der Waals surface area contributed by atoms with Crippen LogP contribution in [0.15, 0.2) is 0 Å². The third-order valence-electron chi connectivity index (χ3n) is 0. The molecule has 0 aromatic heterocycles. The van der Waals surface area contributed by atoms with Gasteiger partial charge in [0.05, 0.1) is 0 Å². The molecular formula is C4H12Cl2NW-. The molecule has 1 nitrogen and oxygen atoms in total. The first kappa shape index (κ1) is 22.9. The van der Waals surface area contributed by atoms with Crippen molar-refractivity contribution < 1.29 is 21.1 Å². The van der Waals surface area contributed by atoms with Crippen LogP contribution < -0.4 is 0 Å². The van der Waals surface area contributed by atoms with Crippen molar-refractivity contribution in [2.75, 3.05) is 0 Å². The fraction of sp³-hybridized carbons (Fsp3) is 1.00. The monoisotopic (exact) mass is 328 g/mol. The molecule has 0 atom stereocenters. The van der Waals surface area contributed by atoms with E-state index in [1.807, 2.05) is 20.8 Å². The Morgan fingerprint density at radius 1 is 1.00 bits per heavy atom. The van der Waals surface area contributed by atoms with Crippen LogP contribution in [0.2, 0.25) is 0 Å². The van der Waals surface area contributed by atoms with Crippen molar-refractivity contribution in [1.82, 2.24) is 0 Å². The summed E-state index contributed by atoms with van der Waals surface area (Å²) in [5.41, 5.74) is 6.69. The second-order valence-corrected chi connectivity index (χ2v) is 2.25. The molecule has 0 amide bonds. The van der Waals surface area contributed by atoms with Gasteiger partial charge in [0.15, 0.2) is 0 Å². The van der Waals surface area contributed by atoms with Gasteiger partial charge in [0.25, 0.3) is 0 Å². The van der Waals surface area contributed by atoms with Gasteiger partial charge >= 0.3 is 0 Å². The number of hydrogen-bond donors (Lipinski definition) is 0. The van der Waals surface area contributed by atoms with Gasteiger partial charge in [0, 0.05) is 21.1 Å². The van der Waals surface area contributed by atoms with E-state index in [0.29, 0.717) is 0 Å². The van der Waals surface area contributed by atoms with E-state index in [9.17, 15) is 0 Å². The first-order valence-corrected chi connectivity index (χ1v) is 1.75. The Kier molecular flexibility index (Phi) is 23.5. The number of halogens is 2. The fourth-order valence-electron chi connectivity index (χ4n) is 0. The summed E-state index contributed by atoms with van der Waals surface area (Å²) in [5.74, 6) is 0.